The molecule has 0 unspecified atom stereocenters. The number of carbonyl (C=O) groups is 1. The highest BCUT2D eigenvalue weighted by atomic mass is 32.2. The standard InChI is InChI=1S/C32H27N7O6S/c1-19-27(30(42)37(34(19)3)22-11-7-5-8-12-22)33-32-36(28-20(2)35(4)38(31(28)43)23-13-9-6-10-14-23)29(41)26(46-32)18-21-17-24(39(44)45)15-16-25(21)40/h5-18,40H,1-4H3. The fourth-order valence-corrected chi connectivity index (χ4v) is 6.21. The molecule has 1 saturated heterocycles. The van der Waals surface area contributed by atoms with E-state index in [1.807, 2.05) is 12.1 Å². The Morgan fingerprint density at radius 2 is 1.39 bits per heavy atom. The largest absolute Gasteiger partial charge is 0.507 e. The predicted octanol–water partition coefficient (Wildman–Crippen LogP) is 4.70. The van der Waals surface area contributed by atoms with Crippen LogP contribution < -0.4 is 16.0 Å². The number of nitro benzene ring substituents is 1. The minimum atomic E-state index is -0.655. The van der Waals surface area contributed by atoms with Crippen molar-refractivity contribution in [1.82, 2.24) is 18.7 Å². The summed E-state index contributed by atoms with van der Waals surface area (Å²) in [5, 5.41) is 21.9. The van der Waals surface area contributed by atoms with Gasteiger partial charge in [-0.2, -0.15) is 0 Å². The second-order valence-corrected chi connectivity index (χ2v) is 11.5. The van der Waals surface area contributed by atoms with E-state index in [2.05, 4.69) is 4.99 Å². The number of rotatable bonds is 6. The molecule has 46 heavy (non-hydrogen) atoms. The summed E-state index contributed by atoms with van der Waals surface area (Å²) in [6.45, 7) is 3.41. The van der Waals surface area contributed by atoms with Gasteiger partial charge in [0.2, 0.25) is 0 Å². The Morgan fingerprint density at radius 1 is 0.826 bits per heavy atom. The lowest BCUT2D eigenvalue weighted by atomic mass is 10.1. The molecule has 1 fully saturated rings. The number of nitrogens with zero attached hydrogens (tertiary/aromatic N) is 7. The molecule has 0 saturated carbocycles. The summed E-state index contributed by atoms with van der Waals surface area (Å²) in [7, 11) is 3.41. The predicted molar refractivity (Wildman–Crippen MR) is 176 cm³/mol. The van der Waals surface area contributed by atoms with Crippen molar-refractivity contribution in [2.75, 3.05) is 4.90 Å². The summed E-state index contributed by atoms with van der Waals surface area (Å²) in [5.41, 5.74) is 1.03. The number of thioether (sulfide) groups is 1. The van der Waals surface area contributed by atoms with Gasteiger partial charge in [0.1, 0.15) is 11.4 Å². The normalized spacial score (nSPS) is 15.0. The van der Waals surface area contributed by atoms with Gasteiger partial charge in [-0.15, -0.1) is 0 Å². The highest BCUT2D eigenvalue weighted by molar-refractivity contribution is 8.19. The van der Waals surface area contributed by atoms with Gasteiger partial charge in [-0.25, -0.2) is 19.3 Å². The van der Waals surface area contributed by atoms with Crippen molar-refractivity contribution in [2.45, 2.75) is 13.8 Å². The maximum absolute atomic E-state index is 14.2. The first-order chi connectivity index (χ1) is 22.0. The average Bonchev–Trinajstić information content (AvgIpc) is 3.54. The van der Waals surface area contributed by atoms with Crippen LogP contribution in [0.25, 0.3) is 17.5 Å². The zero-order valence-electron chi connectivity index (χ0n) is 25.1. The van der Waals surface area contributed by atoms with Crippen molar-refractivity contribution >= 4 is 46.0 Å². The summed E-state index contributed by atoms with van der Waals surface area (Å²) < 4.78 is 6.14. The molecule has 0 radical (unpaired) electrons. The molecule has 0 atom stereocenters. The van der Waals surface area contributed by atoms with E-state index in [0.29, 0.717) is 22.8 Å². The monoisotopic (exact) mass is 637 g/mol. The third-order valence-electron chi connectivity index (χ3n) is 7.79. The van der Waals surface area contributed by atoms with E-state index >= 15 is 0 Å². The van der Waals surface area contributed by atoms with Crippen LogP contribution in [-0.4, -0.2) is 39.8 Å². The molecule has 3 aromatic carbocycles. The number of phenolic OH excluding ortho intramolecular Hbond substituents is 1. The lowest BCUT2D eigenvalue weighted by molar-refractivity contribution is -0.384. The van der Waals surface area contributed by atoms with Gasteiger partial charge < -0.3 is 5.11 Å². The first kappa shape index (κ1) is 30.1. The van der Waals surface area contributed by atoms with E-state index < -0.39 is 21.9 Å². The molecule has 0 spiro atoms. The minimum absolute atomic E-state index is 0.0197. The van der Waals surface area contributed by atoms with Crippen molar-refractivity contribution in [3.8, 4) is 17.1 Å². The number of aliphatic imine (C=N–C) groups is 1. The Kier molecular flexibility index (Phi) is 7.57. The van der Waals surface area contributed by atoms with E-state index in [9.17, 15) is 29.6 Å². The molecule has 1 aliphatic rings. The van der Waals surface area contributed by atoms with Crippen molar-refractivity contribution in [1.29, 1.82) is 0 Å². The number of anilines is 1. The molecular weight excluding hydrogens is 610 g/mol. The van der Waals surface area contributed by atoms with Crippen LogP contribution in [0.4, 0.5) is 17.1 Å². The molecule has 2 aromatic heterocycles. The van der Waals surface area contributed by atoms with Crippen LogP contribution >= 0.6 is 11.8 Å². The number of hydrogen-bond acceptors (Lipinski definition) is 8. The van der Waals surface area contributed by atoms with Crippen LogP contribution in [-0.2, 0) is 18.9 Å². The number of aromatic hydroxyl groups is 1. The first-order valence-corrected chi connectivity index (χ1v) is 14.8. The van der Waals surface area contributed by atoms with E-state index in [0.717, 1.165) is 28.8 Å². The minimum Gasteiger partial charge on any atom is -0.507 e. The van der Waals surface area contributed by atoms with Crippen molar-refractivity contribution in [3.05, 3.63) is 132 Å². The number of hydrogen-bond donors (Lipinski definition) is 1. The van der Waals surface area contributed by atoms with Gasteiger partial charge >= 0.3 is 0 Å². The summed E-state index contributed by atoms with van der Waals surface area (Å²) in [6.07, 6.45) is 1.30. The summed E-state index contributed by atoms with van der Waals surface area (Å²) in [4.78, 5) is 58.6. The number of benzene rings is 3. The summed E-state index contributed by atoms with van der Waals surface area (Å²) in [5.74, 6) is -0.937. The Bertz CT molecular complexity index is 2230. The number of para-hydroxylation sites is 2. The highest BCUT2D eigenvalue weighted by Gasteiger charge is 2.39. The van der Waals surface area contributed by atoms with Crippen molar-refractivity contribution in [3.63, 3.8) is 0 Å². The maximum atomic E-state index is 14.2. The number of amides is 1. The topological polar surface area (TPSA) is 150 Å². The van der Waals surface area contributed by atoms with Gasteiger partial charge in [0.05, 0.1) is 32.6 Å². The number of nitro groups is 1. The van der Waals surface area contributed by atoms with Crippen molar-refractivity contribution < 1.29 is 14.8 Å². The molecule has 14 heteroatoms. The van der Waals surface area contributed by atoms with Crippen LogP contribution in [0, 0.1) is 24.0 Å². The van der Waals surface area contributed by atoms with Crippen molar-refractivity contribution in [2.24, 2.45) is 19.1 Å². The summed E-state index contributed by atoms with van der Waals surface area (Å²) >= 11 is 0.883. The molecule has 1 N–H and O–H groups in total. The zero-order valence-corrected chi connectivity index (χ0v) is 25.9. The number of phenols is 1. The molecule has 5 aromatic rings. The molecule has 3 heterocycles. The smallest absolute Gasteiger partial charge is 0.297 e. The Labute approximate surface area is 265 Å². The number of amidine groups is 1. The second kappa shape index (κ2) is 11.6. The quantitative estimate of drug-likeness (QED) is 0.161. The second-order valence-electron chi connectivity index (χ2n) is 10.5. The number of non-ortho nitro benzene ring substituents is 1. The lowest BCUT2D eigenvalue weighted by Crippen LogP contribution is -2.34. The van der Waals surface area contributed by atoms with E-state index in [-0.39, 0.29) is 38.4 Å². The molecule has 0 bridgehead atoms. The Hall–Kier alpha value is -5.89. The fraction of sp³-hybridized carbons (Fsp3) is 0.125. The van der Waals surface area contributed by atoms with Gasteiger partial charge in [0.15, 0.2) is 10.9 Å². The van der Waals surface area contributed by atoms with E-state index in [1.54, 1.807) is 85.8 Å². The van der Waals surface area contributed by atoms with Gasteiger partial charge in [0, 0.05) is 31.8 Å². The first-order valence-electron chi connectivity index (χ1n) is 14.0. The van der Waals surface area contributed by atoms with Gasteiger partial charge in [-0.1, -0.05) is 36.4 Å². The highest BCUT2D eigenvalue weighted by Crippen LogP contribution is 2.39. The molecule has 0 aliphatic carbocycles. The Morgan fingerprint density at radius 3 is 1.98 bits per heavy atom. The van der Waals surface area contributed by atoms with Crippen LogP contribution in [0.2, 0.25) is 0 Å². The van der Waals surface area contributed by atoms with E-state index in [1.165, 1.54) is 21.5 Å². The average molecular weight is 638 g/mol. The SMILES string of the molecule is Cc1c(N=C2SC(=Cc3cc([N+](=O)[O-])ccc3O)C(=O)N2c2c(C)n(C)n(-c3ccccc3)c2=O)c(=O)n(-c2ccccc2)n1C. The van der Waals surface area contributed by atoms with E-state index in [4.69, 9.17) is 0 Å². The molecule has 6 rings (SSSR count). The third-order valence-corrected chi connectivity index (χ3v) is 8.76. The Balaban J connectivity index is 1.57. The van der Waals surface area contributed by atoms with Crippen LogP contribution in [0.3, 0.4) is 0 Å². The lowest BCUT2D eigenvalue weighted by Gasteiger charge is -2.13. The maximum Gasteiger partial charge on any atom is 0.297 e. The third kappa shape index (κ3) is 4.94. The zero-order chi connectivity index (χ0) is 32.9. The molecular formula is C32H27N7O6S. The molecule has 13 nitrogen and oxygen atoms in total. The number of aromatic nitrogens is 4. The summed E-state index contributed by atoms with van der Waals surface area (Å²) in [6, 6.07) is 21.4. The van der Waals surface area contributed by atoms with Crippen LogP contribution in [0.15, 0.2) is 98.3 Å². The molecule has 1 aliphatic heterocycles. The van der Waals surface area contributed by atoms with Crippen LogP contribution in [0.1, 0.15) is 17.0 Å². The van der Waals surface area contributed by atoms with Crippen LogP contribution in [0.5, 0.6) is 5.75 Å². The van der Waals surface area contributed by atoms with Gasteiger partial charge in [0.25, 0.3) is 22.7 Å². The fourth-order valence-electron chi connectivity index (χ4n) is 5.25. The molecule has 1 amide bonds. The molecule has 232 valence electrons. The van der Waals surface area contributed by atoms with Gasteiger partial charge in [-0.3, -0.25) is 33.9 Å². The van der Waals surface area contributed by atoms with Gasteiger partial charge in [-0.05, 0) is 62.0 Å². The number of carbonyl (C=O) groups excluding carboxylic acids is 1.